The Labute approximate surface area is 143 Å². The smallest absolute Gasteiger partial charge is 0.315 e. The molecule has 5 nitrogen and oxygen atoms in total. The fourth-order valence-electron chi connectivity index (χ4n) is 2.77. The number of likely N-dealkylation sites (N-methyl/N-ethyl adjacent to an activating group) is 1. The third kappa shape index (κ3) is 4.83. The molecule has 1 aromatic carbocycles. The van der Waals surface area contributed by atoms with E-state index in [2.05, 4.69) is 15.5 Å². The fraction of sp³-hybridized carbons (Fsp3) is 0.588. The van der Waals surface area contributed by atoms with E-state index in [1.165, 1.54) is 0 Å². The molecule has 0 aliphatic heterocycles. The number of carbonyl (C=O) groups excluding carboxylic acids is 1. The molecule has 0 heterocycles. The molecule has 3 N–H and O–H groups in total. The van der Waals surface area contributed by atoms with Gasteiger partial charge >= 0.3 is 6.03 Å². The van der Waals surface area contributed by atoms with Gasteiger partial charge in [0, 0.05) is 11.6 Å². The minimum absolute atomic E-state index is 0.0423. The number of aliphatic hydroxyl groups excluding tert-OH is 1. The van der Waals surface area contributed by atoms with Gasteiger partial charge in [-0.2, -0.15) is 0 Å². The predicted molar refractivity (Wildman–Crippen MR) is 92.6 cm³/mol. The largest absolute Gasteiger partial charge is 0.394 e. The Morgan fingerprint density at radius 1 is 1.39 bits per heavy atom. The Kier molecular flexibility index (Phi) is 5.89. The van der Waals surface area contributed by atoms with E-state index in [0.717, 1.165) is 18.4 Å². The lowest BCUT2D eigenvalue weighted by molar-refractivity contribution is 0.154. The molecular weight excluding hydrogens is 314 g/mol. The molecule has 1 aliphatic carbocycles. The third-order valence-electron chi connectivity index (χ3n) is 4.54. The standard InChI is InChI=1S/C17H26ClN3O2/c1-17(11-22,13-6-7-13)20-16(23)19-10-15(21(2)3)12-4-8-14(18)9-5-12/h4-5,8-9,13,15,22H,6-7,10-11H2,1-3H3,(H2,19,20,23)/t15-,17+/m1/s1. The van der Waals surface area contributed by atoms with Gasteiger partial charge in [-0.3, -0.25) is 0 Å². The predicted octanol–water partition coefficient (Wildman–Crippen LogP) is 2.40. The summed E-state index contributed by atoms with van der Waals surface area (Å²) in [7, 11) is 3.95. The van der Waals surface area contributed by atoms with Gasteiger partial charge in [-0.25, -0.2) is 4.79 Å². The van der Waals surface area contributed by atoms with Gasteiger partial charge in [-0.1, -0.05) is 23.7 Å². The Morgan fingerprint density at radius 2 is 2.00 bits per heavy atom. The summed E-state index contributed by atoms with van der Waals surface area (Å²) in [6, 6.07) is 7.45. The van der Waals surface area contributed by atoms with E-state index in [-0.39, 0.29) is 18.7 Å². The summed E-state index contributed by atoms with van der Waals surface area (Å²) in [5.74, 6) is 0.374. The monoisotopic (exact) mass is 339 g/mol. The molecule has 0 spiro atoms. The van der Waals surface area contributed by atoms with Crippen LogP contribution in [0.25, 0.3) is 0 Å². The van der Waals surface area contributed by atoms with Gasteiger partial charge in [-0.05, 0) is 57.5 Å². The Bertz CT molecular complexity index is 531. The van der Waals surface area contributed by atoms with Crippen molar-refractivity contribution in [1.82, 2.24) is 15.5 Å². The van der Waals surface area contributed by atoms with Crippen molar-refractivity contribution in [3.8, 4) is 0 Å². The van der Waals surface area contributed by atoms with E-state index in [4.69, 9.17) is 11.6 Å². The van der Waals surface area contributed by atoms with Crippen LogP contribution < -0.4 is 10.6 Å². The van der Waals surface area contributed by atoms with Crippen molar-refractivity contribution in [1.29, 1.82) is 0 Å². The summed E-state index contributed by atoms with van der Waals surface area (Å²) >= 11 is 5.93. The van der Waals surface area contributed by atoms with Gasteiger partial charge in [0.05, 0.1) is 18.2 Å². The molecule has 2 amide bonds. The number of rotatable bonds is 7. The number of hydrogen-bond donors (Lipinski definition) is 3. The summed E-state index contributed by atoms with van der Waals surface area (Å²) in [4.78, 5) is 14.2. The fourth-order valence-corrected chi connectivity index (χ4v) is 2.89. The van der Waals surface area contributed by atoms with Crippen molar-refractivity contribution in [3.05, 3.63) is 34.9 Å². The van der Waals surface area contributed by atoms with Crippen molar-refractivity contribution in [2.45, 2.75) is 31.3 Å². The first kappa shape index (κ1) is 18.0. The molecule has 23 heavy (non-hydrogen) atoms. The molecule has 0 radical (unpaired) electrons. The SMILES string of the molecule is CN(C)[C@H](CNC(=O)N[C@@](C)(CO)C1CC1)c1ccc(Cl)cc1. The number of halogens is 1. The van der Waals surface area contributed by atoms with Gasteiger partial charge in [0.1, 0.15) is 0 Å². The molecule has 0 saturated heterocycles. The number of hydrogen-bond acceptors (Lipinski definition) is 3. The van der Waals surface area contributed by atoms with Crippen LogP contribution in [-0.2, 0) is 0 Å². The summed E-state index contributed by atoms with van der Waals surface area (Å²) in [6.07, 6.45) is 2.12. The Hall–Kier alpha value is -1.30. The first-order chi connectivity index (χ1) is 10.9. The number of aliphatic hydroxyl groups is 1. The second-order valence-corrected chi connectivity index (χ2v) is 7.15. The Balaban J connectivity index is 1.93. The first-order valence-corrected chi connectivity index (χ1v) is 8.32. The summed E-state index contributed by atoms with van der Waals surface area (Å²) in [5, 5.41) is 16.1. The number of nitrogens with zero attached hydrogens (tertiary/aromatic N) is 1. The number of amides is 2. The van der Waals surface area contributed by atoms with Gasteiger partial charge < -0.3 is 20.6 Å². The van der Waals surface area contributed by atoms with Crippen LogP contribution in [-0.4, -0.2) is 48.8 Å². The van der Waals surface area contributed by atoms with Crippen molar-refractivity contribution in [2.75, 3.05) is 27.2 Å². The van der Waals surface area contributed by atoms with E-state index in [0.29, 0.717) is 17.5 Å². The maximum absolute atomic E-state index is 12.2. The van der Waals surface area contributed by atoms with Crippen molar-refractivity contribution in [3.63, 3.8) is 0 Å². The summed E-state index contributed by atoms with van der Waals surface area (Å²) < 4.78 is 0. The first-order valence-electron chi connectivity index (χ1n) is 7.94. The van der Waals surface area contributed by atoms with Gasteiger partial charge in [0.15, 0.2) is 0 Å². The van der Waals surface area contributed by atoms with Gasteiger partial charge in [-0.15, -0.1) is 0 Å². The lowest BCUT2D eigenvalue weighted by Gasteiger charge is -2.30. The molecular formula is C17H26ClN3O2. The van der Waals surface area contributed by atoms with Crippen LogP contribution in [0.1, 0.15) is 31.4 Å². The van der Waals surface area contributed by atoms with Crippen molar-refractivity contribution in [2.24, 2.45) is 5.92 Å². The zero-order chi connectivity index (χ0) is 17.0. The van der Waals surface area contributed by atoms with E-state index in [1.807, 2.05) is 45.3 Å². The lowest BCUT2D eigenvalue weighted by atomic mass is 9.97. The molecule has 6 heteroatoms. The molecule has 0 aromatic heterocycles. The van der Waals surface area contributed by atoms with E-state index >= 15 is 0 Å². The number of urea groups is 1. The minimum atomic E-state index is -0.530. The molecule has 1 aliphatic rings. The molecule has 1 fully saturated rings. The number of nitrogens with one attached hydrogen (secondary N) is 2. The van der Waals surface area contributed by atoms with Gasteiger partial charge in [0.2, 0.25) is 0 Å². The Morgan fingerprint density at radius 3 is 2.48 bits per heavy atom. The van der Waals surface area contributed by atoms with E-state index in [9.17, 15) is 9.90 Å². The van der Waals surface area contributed by atoms with Crippen LogP contribution in [0.4, 0.5) is 4.79 Å². The lowest BCUT2D eigenvalue weighted by Crippen LogP contribution is -2.54. The molecule has 2 atom stereocenters. The maximum atomic E-state index is 12.2. The van der Waals surface area contributed by atoms with Crippen LogP contribution in [0.2, 0.25) is 5.02 Å². The topological polar surface area (TPSA) is 64.6 Å². The second kappa shape index (κ2) is 7.51. The van der Waals surface area contributed by atoms with Crippen LogP contribution in [0, 0.1) is 5.92 Å². The molecule has 0 bridgehead atoms. The third-order valence-corrected chi connectivity index (χ3v) is 4.79. The van der Waals surface area contributed by atoms with Crippen LogP contribution in [0.5, 0.6) is 0 Å². The van der Waals surface area contributed by atoms with Crippen molar-refractivity contribution < 1.29 is 9.90 Å². The summed E-state index contributed by atoms with van der Waals surface area (Å²) in [6.45, 7) is 2.33. The molecule has 2 rings (SSSR count). The molecule has 0 unspecified atom stereocenters. The minimum Gasteiger partial charge on any atom is -0.394 e. The highest BCUT2D eigenvalue weighted by molar-refractivity contribution is 6.30. The highest BCUT2D eigenvalue weighted by Crippen LogP contribution is 2.39. The zero-order valence-corrected chi connectivity index (χ0v) is 14.7. The van der Waals surface area contributed by atoms with Crippen LogP contribution in [0.3, 0.4) is 0 Å². The maximum Gasteiger partial charge on any atom is 0.315 e. The summed E-state index contributed by atoms with van der Waals surface area (Å²) in [5.41, 5.74) is 0.560. The van der Waals surface area contributed by atoms with Crippen LogP contribution >= 0.6 is 11.6 Å². The normalized spacial score (nSPS) is 18.3. The van der Waals surface area contributed by atoms with Gasteiger partial charge in [0.25, 0.3) is 0 Å². The average Bonchev–Trinajstić information content (AvgIpc) is 3.34. The number of benzene rings is 1. The zero-order valence-electron chi connectivity index (χ0n) is 14.0. The number of carbonyl (C=O) groups is 1. The highest BCUT2D eigenvalue weighted by atomic mass is 35.5. The quantitative estimate of drug-likeness (QED) is 0.714. The highest BCUT2D eigenvalue weighted by Gasteiger charge is 2.42. The average molecular weight is 340 g/mol. The molecule has 128 valence electrons. The second-order valence-electron chi connectivity index (χ2n) is 6.72. The molecule has 1 saturated carbocycles. The van der Waals surface area contributed by atoms with E-state index in [1.54, 1.807) is 0 Å². The van der Waals surface area contributed by atoms with Crippen LogP contribution in [0.15, 0.2) is 24.3 Å². The van der Waals surface area contributed by atoms with Crippen molar-refractivity contribution >= 4 is 17.6 Å². The molecule has 1 aromatic rings. The van der Waals surface area contributed by atoms with E-state index < -0.39 is 5.54 Å².